The van der Waals surface area contributed by atoms with Gasteiger partial charge in [0.05, 0.1) is 18.7 Å². The van der Waals surface area contributed by atoms with Crippen molar-refractivity contribution in [2.45, 2.75) is 25.8 Å². The van der Waals surface area contributed by atoms with Crippen LogP contribution in [0.15, 0.2) is 54.9 Å². The smallest absolute Gasteiger partial charge is 0.254 e. The molecule has 4 heterocycles. The maximum atomic E-state index is 13.6. The van der Waals surface area contributed by atoms with Gasteiger partial charge in [-0.05, 0) is 61.7 Å². The number of hydrogen-bond acceptors (Lipinski definition) is 4. The third-order valence-corrected chi connectivity index (χ3v) is 6.50. The lowest BCUT2D eigenvalue weighted by atomic mass is 9.98. The van der Waals surface area contributed by atoms with Gasteiger partial charge in [-0.3, -0.25) is 9.69 Å². The molecule has 31 heavy (non-hydrogen) atoms. The molecule has 3 aromatic rings. The highest BCUT2D eigenvalue weighted by Crippen LogP contribution is 2.21. The van der Waals surface area contributed by atoms with Gasteiger partial charge in [-0.1, -0.05) is 24.3 Å². The lowest BCUT2D eigenvalue weighted by molar-refractivity contribution is 0.0735. The number of hydrogen-bond donors (Lipinski definition) is 0. The molecule has 2 saturated heterocycles. The van der Waals surface area contributed by atoms with Crippen LogP contribution in [0.25, 0.3) is 5.52 Å². The van der Waals surface area contributed by atoms with Gasteiger partial charge in [-0.2, -0.15) is 5.10 Å². The van der Waals surface area contributed by atoms with Gasteiger partial charge in [0, 0.05) is 43.5 Å². The highest BCUT2D eigenvalue weighted by Gasteiger charge is 2.26. The Morgan fingerprint density at radius 2 is 1.87 bits per heavy atom. The number of benzene rings is 1. The molecule has 0 N–H and O–H groups in total. The topological polar surface area (TPSA) is 50.1 Å². The third-order valence-electron chi connectivity index (χ3n) is 6.50. The monoisotopic (exact) mass is 418 g/mol. The molecule has 2 aliphatic heterocycles. The second-order valence-electron chi connectivity index (χ2n) is 8.73. The zero-order valence-electron chi connectivity index (χ0n) is 17.9. The molecule has 5 rings (SSSR count). The number of carbonyl (C=O) groups excluding carboxylic acids is 1. The normalized spacial score (nSPS) is 20.3. The number of carbonyl (C=O) groups is 1. The van der Waals surface area contributed by atoms with Gasteiger partial charge in [0.15, 0.2) is 0 Å². The Bertz CT molecular complexity index is 1040. The summed E-state index contributed by atoms with van der Waals surface area (Å²) in [7, 11) is 0. The number of pyridine rings is 1. The van der Waals surface area contributed by atoms with Crippen molar-refractivity contribution in [1.82, 2.24) is 19.4 Å². The van der Waals surface area contributed by atoms with Crippen molar-refractivity contribution in [3.8, 4) is 0 Å². The van der Waals surface area contributed by atoms with Gasteiger partial charge < -0.3 is 9.64 Å². The van der Waals surface area contributed by atoms with Crippen molar-refractivity contribution >= 4 is 11.4 Å². The zero-order valence-corrected chi connectivity index (χ0v) is 17.9. The van der Waals surface area contributed by atoms with Gasteiger partial charge in [0.1, 0.15) is 0 Å². The van der Waals surface area contributed by atoms with Crippen LogP contribution in [-0.4, -0.2) is 64.7 Å². The molecule has 2 aliphatic rings. The maximum Gasteiger partial charge on any atom is 0.254 e. The van der Waals surface area contributed by atoms with E-state index in [9.17, 15) is 4.79 Å². The summed E-state index contributed by atoms with van der Waals surface area (Å²) in [6, 6.07) is 14.4. The zero-order chi connectivity index (χ0) is 21.0. The second-order valence-corrected chi connectivity index (χ2v) is 8.73. The molecule has 6 nitrogen and oxygen atoms in total. The lowest BCUT2D eigenvalue weighted by Gasteiger charge is -2.25. The van der Waals surface area contributed by atoms with Gasteiger partial charge in [0.25, 0.3) is 5.91 Å². The van der Waals surface area contributed by atoms with Crippen LogP contribution in [0, 0.1) is 5.92 Å². The van der Waals surface area contributed by atoms with Crippen molar-refractivity contribution in [3.05, 3.63) is 71.5 Å². The van der Waals surface area contributed by atoms with Crippen LogP contribution < -0.4 is 0 Å². The van der Waals surface area contributed by atoms with E-state index in [1.54, 1.807) is 0 Å². The molecule has 1 atom stereocenters. The van der Waals surface area contributed by atoms with E-state index in [1.807, 2.05) is 52.1 Å². The summed E-state index contributed by atoms with van der Waals surface area (Å²) in [5.41, 5.74) is 4.35. The fourth-order valence-electron chi connectivity index (χ4n) is 4.90. The highest BCUT2D eigenvalue weighted by atomic mass is 16.5. The first kappa shape index (κ1) is 20.2. The molecular weight excluding hydrogens is 388 g/mol. The minimum absolute atomic E-state index is 0.132. The summed E-state index contributed by atoms with van der Waals surface area (Å²) in [5, 5.41) is 4.34. The summed E-state index contributed by atoms with van der Waals surface area (Å²) in [6.45, 7) is 5.74. The predicted octanol–water partition coefficient (Wildman–Crippen LogP) is 3.26. The Kier molecular flexibility index (Phi) is 6.00. The number of nitrogens with zero attached hydrogens (tertiary/aromatic N) is 4. The van der Waals surface area contributed by atoms with Gasteiger partial charge >= 0.3 is 0 Å². The number of likely N-dealkylation sites (tertiary alicyclic amines) is 1. The number of ether oxygens (including phenoxy) is 1. The third kappa shape index (κ3) is 4.50. The van der Waals surface area contributed by atoms with E-state index in [4.69, 9.17) is 4.74 Å². The molecule has 0 saturated carbocycles. The first-order valence-corrected chi connectivity index (χ1v) is 11.4. The molecular formula is C25H30N4O2. The first-order valence-electron chi connectivity index (χ1n) is 11.4. The predicted molar refractivity (Wildman–Crippen MR) is 120 cm³/mol. The van der Waals surface area contributed by atoms with E-state index in [1.165, 1.54) is 18.4 Å². The van der Waals surface area contributed by atoms with Gasteiger partial charge in [-0.25, -0.2) is 4.52 Å². The molecule has 0 unspecified atom stereocenters. The lowest BCUT2D eigenvalue weighted by Crippen LogP contribution is -2.37. The summed E-state index contributed by atoms with van der Waals surface area (Å²) in [4.78, 5) is 18.0. The Balaban J connectivity index is 1.33. The van der Waals surface area contributed by atoms with Crippen LogP contribution in [0.4, 0.5) is 0 Å². The molecule has 0 bridgehead atoms. The molecule has 2 fully saturated rings. The SMILES string of the molecule is O=C(c1ccccc1CN1CCCC1)N1CCOC[C@H](Cc2cccn3nccc23)C1. The number of aromatic nitrogens is 2. The minimum atomic E-state index is 0.132. The van der Waals surface area contributed by atoms with E-state index in [-0.39, 0.29) is 11.8 Å². The number of fused-ring (bicyclic) bond motifs is 1. The number of rotatable bonds is 5. The van der Waals surface area contributed by atoms with Crippen LogP contribution in [0.2, 0.25) is 0 Å². The fraction of sp³-hybridized carbons (Fsp3) is 0.440. The maximum absolute atomic E-state index is 13.6. The largest absolute Gasteiger partial charge is 0.379 e. The van der Waals surface area contributed by atoms with E-state index in [0.29, 0.717) is 26.3 Å². The van der Waals surface area contributed by atoms with E-state index < -0.39 is 0 Å². The summed E-state index contributed by atoms with van der Waals surface area (Å²) < 4.78 is 7.81. The Morgan fingerprint density at radius 1 is 1.03 bits per heavy atom. The van der Waals surface area contributed by atoms with Gasteiger partial charge in [-0.15, -0.1) is 0 Å². The van der Waals surface area contributed by atoms with Crippen LogP contribution in [0.3, 0.4) is 0 Å². The molecule has 162 valence electrons. The Hall–Kier alpha value is -2.70. The van der Waals surface area contributed by atoms with Crippen molar-refractivity contribution in [1.29, 1.82) is 0 Å². The van der Waals surface area contributed by atoms with E-state index >= 15 is 0 Å². The highest BCUT2D eigenvalue weighted by molar-refractivity contribution is 5.95. The number of amides is 1. The fourth-order valence-corrected chi connectivity index (χ4v) is 4.90. The van der Waals surface area contributed by atoms with Crippen LogP contribution in [0.1, 0.15) is 34.3 Å². The molecule has 0 radical (unpaired) electrons. The van der Waals surface area contributed by atoms with Gasteiger partial charge in [0.2, 0.25) is 0 Å². The second kappa shape index (κ2) is 9.20. The molecule has 1 amide bonds. The molecule has 0 spiro atoms. The van der Waals surface area contributed by atoms with Crippen molar-refractivity contribution in [2.24, 2.45) is 5.92 Å². The standard InChI is InChI=1S/C25H30N4O2/c30-25(23-8-2-1-6-22(23)18-27-11-3-4-12-27)28-14-15-31-19-20(17-28)16-21-7-5-13-29-24(21)9-10-26-29/h1-2,5-10,13,20H,3-4,11-12,14-19H2/t20-/m1/s1. The van der Waals surface area contributed by atoms with Crippen molar-refractivity contribution in [2.75, 3.05) is 39.4 Å². The Morgan fingerprint density at radius 3 is 2.77 bits per heavy atom. The Labute approximate surface area is 183 Å². The molecule has 1 aromatic carbocycles. The van der Waals surface area contributed by atoms with Crippen LogP contribution in [-0.2, 0) is 17.7 Å². The quantitative estimate of drug-likeness (QED) is 0.638. The summed E-state index contributed by atoms with van der Waals surface area (Å²) in [6.07, 6.45) is 7.18. The van der Waals surface area contributed by atoms with Crippen molar-refractivity contribution in [3.63, 3.8) is 0 Å². The minimum Gasteiger partial charge on any atom is -0.379 e. The van der Waals surface area contributed by atoms with Crippen molar-refractivity contribution < 1.29 is 9.53 Å². The van der Waals surface area contributed by atoms with E-state index in [0.717, 1.165) is 42.7 Å². The average molecular weight is 419 g/mol. The summed E-state index contributed by atoms with van der Waals surface area (Å²) in [5.74, 6) is 0.395. The summed E-state index contributed by atoms with van der Waals surface area (Å²) >= 11 is 0. The van der Waals surface area contributed by atoms with Crippen LogP contribution >= 0.6 is 0 Å². The molecule has 6 heteroatoms. The first-order chi connectivity index (χ1) is 15.3. The molecule has 0 aliphatic carbocycles. The van der Waals surface area contributed by atoms with E-state index in [2.05, 4.69) is 22.1 Å². The average Bonchev–Trinajstić information content (AvgIpc) is 3.43. The molecule has 2 aromatic heterocycles. The van der Waals surface area contributed by atoms with Crippen LogP contribution in [0.5, 0.6) is 0 Å².